The minimum Gasteiger partial charge on any atom is -0.497 e. The molecule has 1 aliphatic rings. The lowest BCUT2D eigenvalue weighted by Crippen LogP contribution is -2.35. The Labute approximate surface area is 154 Å². The highest BCUT2D eigenvalue weighted by Gasteiger charge is 2.45. The number of carboxylic acids is 1. The molecule has 2 N–H and O–H groups in total. The smallest absolute Gasteiger partial charge is 0.330 e. The van der Waals surface area contributed by atoms with E-state index in [1.807, 2.05) is 24.3 Å². The molecule has 0 bridgehead atoms. The normalized spacial score (nSPS) is 19.5. The third-order valence-corrected chi connectivity index (χ3v) is 4.77. The molecule has 3 rings (SSSR count). The topological polar surface area (TPSA) is 75.6 Å². The van der Waals surface area contributed by atoms with Crippen LogP contribution < -0.4 is 10.1 Å². The molecule has 0 heterocycles. The van der Waals surface area contributed by atoms with E-state index >= 15 is 0 Å². The van der Waals surface area contributed by atoms with Gasteiger partial charge in [0.05, 0.1) is 12.1 Å². The van der Waals surface area contributed by atoms with Crippen molar-refractivity contribution in [2.75, 3.05) is 7.11 Å². The largest absolute Gasteiger partial charge is 0.497 e. The molecule has 0 spiro atoms. The molecule has 2 aromatic rings. The minimum atomic E-state index is -1.33. The van der Waals surface area contributed by atoms with Gasteiger partial charge in [-0.3, -0.25) is 4.79 Å². The van der Waals surface area contributed by atoms with Crippen molar-refractivity contribution in [1.29, 1.82) is 0 Å². The average Bonchev–Trinajstić information content (AvgIpc) is 3.42. The fraction of sp³-hybridized carbons (Fsp3) is 0.263. The van der Waals surface area contributed by atoms with Crippen LogP contribution in [0.15, 0.2) is 42.5 Å². The van der Waals surface area contributed by atoms with Crippen LogP contribution in [0.25, 0.3) is 0 Å². The van der Waals surface area contributed by atoms with Crippen molar-refractivity contribution in [3.63, 3.8) is 0 Å². The van der Waals surface area contributed by atoms with Gasteiger partial charge in [0, 0.05) is 5.92 Å². The van der Waals surface area contributed by atoms with Crippen molar-refractivity contribution < 1.29 is 23.8 Å². The fourth-order valence-electron chi connectivity index (χ4n) is 2.95. The van der Waals surface area contributed by atoms with Gasteiger partial charge >= 0.3 is 5.97 Å². The van der Waals surface area contributed by atoms with E-state index in [2.05, 4.69) is 5.32 Å². The first kappa shape index (κ1) is 18.2. The maximum atomic E-state index is 13.6. The third kappa shape index (κ3) is 3.80. The van der Waals surface area contributed by atoms with Crippen molar-refractivity contribution >= 4 is 23.5 Å². The van der Waals surface area contributed by atoms with Gasteiger partial charge < -0.3 is 15.2 Å². The van der Waals surface area contributed by atoms with Crippen LogP contribution >= 0.6 is 11.6 Å². The maximum absolute atomic E-state index is 13.6. The summed E-state index contributed by atoms with van der Waals surface area (Å²) in [5, 5.41) is 11.8. The van der Waals surface area contributed by atoms with Crippen LogP contribution in [0, 0.1) is 11.7 Å². The zero-order valence-corrected chi connectivity index (χ0v) is 14.7. The summed E-state index contributed by atoms with van der Waals surface area (Å²) >= 11 is 5.62. The SMILES string of the molecule is COc1cccc(C2CC2C(=O)NC(C(=O)O)c2ccc(Cl)c(F)c2)c1. The third-order valence-electron chi connectivity index (χ3n) is 4.46. The summed E-state index contributed by atoms with van der Waals surface area (Å²) in [6, 6.07) is 9.77. The van der Waals surface area contributed by atoms with E-state index in [4.69, 9.17) is 16.3 Å². The number of rotatable bonds is 6. The summed E-state index contributed by atoms with van der Waals surface area (Å²) < 4.78 is 18.8. The van der Waals surface area contributed by atoms with Gasteiger partial charge in [0.1, 0.15) is 11.6 Å². The van der Waals surface area contributed by atoms with Gasteiger partial charge in [0.25, 0.3) is 0 Å². The van der Waals surface area contributed by atoms with Gasteiger partial charge in [0.15, 0.2) is 6.04 Å². The highest BCUT2D eigenvalue weighted by molar-refractivity contribution is 6.30. The number of aliphatic carboxylic acids is 1. The summed E-state index contributed by atoms with van der Waals surface area (Å²) in [7, 11) is 1.57. The number of carbonyl (C=O) groups is 2. The van der Waals surface area contributed by atoms with Crippen LogP contribution in [0.5, 0.6) is 5.75 Å². The van der Waals surface area contributed by atoms with Crippen molar-refractivity contribution in [3.05, 3.63) is 64.4 Å². The number of benzene rings is 2. The van der Waals surface area contributed by atoms with Gasteiger partial charge in [-0.1, -0.05) is 29.8 Å². The predicted octanol–water partition coefficient (Wildman–Crippen LogP) is 3.53. The number of nitrogens with one attached hydrogen (secondary N) is 1. The minimum absolute atomic E-state index is 0.0153. The zero-order chi connectivity index (χ0) is 18.8. The molecule has 1 fully saturated rings. The highest BCUT2D eigenvalue weighted by atomic mass is 35.5. The average molecular weight is 378 g/mol. The molecule has 3 unspecified atom stereocenters. The first-order valence-corrected chi connectivity index (χ1v) is 8.40. The number of halogens is 2. The van der Waals surface area contributed by atoms with Crippen molar-refractivity contribution in [2.45, 2.75) is 18.4 Å². The van der Waals surface area contributed by atoms with Gasteiger partial charge in [-0.05, 0) is 47.7 Å². The molecule has 0 radical (unpaired) electrons. The second-order valence-corrected chi connectivity index (χ2v) is 6.59. The van der Waals surface area contributed by atoms with Crippen LogP contribution in [0.2, 0.25) is 5.02 Å². The van der Waals surface area contributed by atoms with E-state index in [0.717, 1.165) is 11.6 Å². The molecular weight excluding hydrogens is 361 g/mol. The molecule has 136 valence electrons. The Morgan fingerprint density at radius 1 is 1.31 bits per heavy atom. The number of ether oxygens (including phenoxy) is 1. The van der Waals surface area contributed by atoms with Gasteiger partial charge in [-0.15, -0.1) is 0 Å². The van der Waals surface area contributed by atoms with Crippen LogP contribution in [0.1, 0.15) is 29.5 Å². The number of methoxy groups -OCH3 is 1. The lowest BCUT2D eigenvalue weighted by molar-refractivity contribution is -0.142. The first-order valence-electron chi connectivity index (χ1n) is 8.02. The van der Waals surface area contributed by atoms with Crippen molar-refractivity contribution in [1.82, 2.24) is 5.32 Å². The summed E-state index contributed by atoms with van der Waals surface area (Å²) in [6.07, 6.45) is 0.625. The molecule has 1 amide bonds. The Kier molecular flexibility index (Phi) is 5.13. The van der Waals surface area contributed by atoms with E-state index in [-0.39, 0.29) is 28.3 Å². The fourth-order valence-corrected chi connectivity index (χ4v) is 3.07. The maximum Gasteiger partial charge on any atom is 0.330 e. The zero-order valence-electron chi connectivity index (χ0n) is 13.9. The highest BCUT2D eigenvalue weighted by Crippen LogP contribution is 2.48. The van der Waals surface area contributed by atoms with Crippen molar-refractivity contribution in [2.24, 2.45) is 5.92 Å². The number of carboxylic acid groups (broad SMARTS) is 1. The first-order chi connectivity index (χ1) is 12.4. The Bertz CT molecular complexity index is 857. The molecule has 7 heteroatoms. The monoisotopic (exact) mass is 377 g/mol. The molecule has 1 aliphatic carbocycles. The van der Waals surface area contributed by atoms with E-state index in [1.165, 1.54) is 12.1 Å². The quantitative estimate of drug-likeness (QED) is 0.807. The van der Waals surface area contributed by atoms with Gasteiger partial charge in [0.2, 0.25) is 5.91 Å². The molecule has 3 atom stereocenters. The Balaban J connectivity index is 1.71. The Morgan fingerprint density at radius 2 is 2.08 bits per heavy atom. The summed E-state index contributed by atoms with van der Waals surface area (Å²) in [4.78, 5) is 24.0. The molecule has 0 saturated heterocycles. The van der Waals surface area contributed by atoms with Crippen LogP contribution in [-0.4, -0.2) is 24.1 Å². The molecule has 2 aromatic carbocycles. The predicted molar refractivity (Wildman–Crippen MR) is 93.8 cm³/mol. The molecule has 1 saturated carbocycles. The van der Waals surface area contributed by atoms with E-state index in [9.17, 15) is 19.1 Å². The van der Waals surface area contributed by atoms with E-state index < -0.39 is 17.8 Å². The molecular formula is C19H17ClFNO4. The molecule has 26 heavy (non-hydrogen) atoms. The number of amides is 1. The number of hydrogen-bond donors (Lipinski definition) is 2. The van der Waals surface area contributed by atoms with Gasteiger partial charge in [-0.25, -0.2) is 9.18 Å². The second-order valence-electron chi connectivity index (χ2n) is 6.18. The number of carbonyl (C=O) groups excluding carboxylic acids is 1. The Morgan fingerprint density at radius 3 is 2.73 bits per heavy atom. The summed E-state index contributed by atoms with van der Waals surface area (Å²) in [6.45, 7) is 0. The molecule has 0 aromatic heterocycles. The molecule has 5 nitrogen and oxygen atoms in total. The second kappa shape index (κ2) is 7.33. The lowest BCUT2D eigenvalue weighted by atomic mass is 10.1. The lowest BCUT2D eigenvalue weighted by Gasteiger charge is -2.15. The standard InChI is InChI=1S/C19H17ClFNO4/c1-26-12-4-2-3-10(7-12)13-9-14(13)18(23)22-17(19(24)25)11-5-6-15(20)16(21)8-11/h2-8,13-14,17H,9H2,1H3,(H,22,23)(H,24,25). The summed E-state index contributed by atoms with van der Waals surface area (Å²) in [5.74, 6) is -1.97. The van der Waals surface area contributed by atoms with Crippen LogP contribution in [-0.2, 0) is 9.59 Å². The van der Waals surface area contributed by atoms with Crippen LogP contribution in [0.3, 0.4) is 0 Å². The van der Waals surface area contributed by atoms with E-state index in [0.29, 0.717) is 12.2 Å². The number of hydrogen-bond acceptors (Lipinski definition) is 3. The molecule has 0 aliphatic heterocycles. The summed E-state index contributed by atoms with van der Waals surface area (Å²) in [5.41, 5.74) is 1.10. The van der Waals surface area contributed by atoms with Gasteiger partial charge in [-0.2, -0.15) is 0 Å². The van der Waals surface area contributed by atoms with E-state index in [1.54, 1.807) is 7.11 Å². The van der Waals surface area contributed by atoms with Crippen LogP contribution in [0.4, 0.5) is 4.39 Å². The van der Waals surface area contributed by atoms with Crippen molar-refractivity contribution in [3.8, 4) is 5.75 Å². The Hall–Kier alpha value is -2.60.